The summed E-state index contributed by atoms with van der Waals surface area (Å²) in [6.07, 6.45) is 0.822. The van der Waals surface area contributed by atoms with Gasteiger partial charge in [-0.15, -0.1) is 11.6 Å². The van der Waals surface area contributed by atoms with E-state index in [-0.39, 0.29) is 5.92 Å². The minimum Gasteiger partial charge on any atom is -0.126 e. The van der Waals surface area contributed by atoms with E-state index in [1.54, 1.807) is 0 Å². The fourth-order valence-corrected chi connectivity index (χ4v) is 2.90. The van der Waals surface area contributed by atoms with E-state index in [0.717, 1.165) is 27.6 Å². The second-order valence-corrected chi connectivity index (χ2v) is 5.86. The van der Waals surface area contributed by atoms with Gasteiger partial charge in [-0.25, -0.2) is 0 Å². The van der Waals surface area contributed by atoms with Crippen LogP contribution in [-0.2, 0) is 6.42 Å². The maximum absolute atomic E-state index is 6.28. The van der Waals surface area contributed by atoms with Crippen LogP contribution in [0.3, 0.4) is 0 Å². The van der Waals surface area contributed by atoms with Crippen molar-refractivity contribution in [1.29, 1.82) is 0 Å². The highest BCUT2D eigenvalue weighted by molar-refractivity contribution is 6.31. The number of hydrogen-bond donors (Lipinski definition) is 0. The summed E-state index contributed by atoms with van der Waals surface area (Å²) in [5.41, 5.74) is 3.44. The van der Waals surface area contributed by atoms with Crippen LogP contribution in [0.5, 0.6) is 0 Å². The van der Waals surface area contributed by atoms with Gasteiger partial charge < -0.3 is 0 Å². The maximum Gasteiger partial charge on any atom is 0.0440 e. The quantitative estimate of drug-likeness (QED) is 0.619. The maximum atomic E-state index is 6.28. The van der Waals surface area contributed by atoms with Crippen LogP contribution in [0.25, 0.3) is 0 Å². The molecule has 0 heterocycles. The molecule has 0 aliphatic rings. The Morgan fingerprint density at radius 1 is 1.05 bits per heavy atom. The van der Waals surface area contributed by atoms with Crippen molar-refractivity contribution < 1.29 is 0 Å². The van der Waals surface area contributed by atoms with E-state index in [2.05, 4.69) is 18.2 Å². The highest BCUT2D eigenvalue weighted by Gasteiger charge is 2.13. The number of alkyl halides is 1. The first-order chi connectivity index (χ1) is 9.10. The lowest BCUT2D eigenvalue weighted by Crippen LogP contribution is -2.05. The zero-order chi connectivity index (χ0) is 13.8. The molecule has 19 heavy (non-hydrogen) atoms. The largest absolute Gasteiger partial charge is 0.126 e. The zero-order valence-corrected chi connectivity index (χ0v) is 12.9. The third kappa shape index (κ3) is 3.89. The van der Waals surface area contributed by atoms with Crippen LogP contribution in [0.2, 0.25) is 10.0 Å². The van der Waals surface area contributed by atoms with Gasteiger partial charge in [0.2, 0.25) is 0 Å². The van der Waals surface area contributed by atoms with Crippen molar-refractivity contribution in [2.45, 2.75) is 19.3 Å². The molecule has 0 spiro atoms. The molecule has 2 aromatic carbocycles. The van der Waals surface area contributed by atoms with Crippen LogP contribution in [0, 0.1) is 6.92 Å². The molecule has 0 amide bonds. The summed E-state index contributed by atoms with van der Waals surface area (Å²) in [7, 11) is 0. The van der Waals surface area contributed by atoms with Crippen LogP contribution in [0.4, 0.5) is 0 Å². The lowest BCUT2D eigenvalue weighted by Gasteiger charge is -2.16. The second kappa shape index (κ2) is 6.65. The molecule has 1 atom stereocenters. The molecule has 0 aliphatic heterocycles. The van der Waals surface area contributed by atoms with E-state index in [1.165, 1.54) is 5.56 Å². The Morgan fingerprint density at radius 3 is 2.47 bits per heavy atom. The summed E-state index contributed by atoms with van der Waals surface area (Å²) in [4.78, 5) is 0. The molecular formula is C16H15Cl3. The Labute approximate surface area is 129 Å². The Kier molecular flexibility index (Phi) is 5.15. The summed E-state index contributed by atoms with van der Waals surface area (Å²) in [5, 5.41) is 1.54. The fraction of sp³-hybridized carbons (Fsp3) is 0.250. The topological polar surface area (TPSA) is 0 Å². The van der Waals surface area contributed by atoms with Gasteiger partial charge in [0.1, 0.15) is 0 Å². The first-order valence-corrected chi connectivity index (χ1v) is 7.45. The van der Waals surface area contributed by atoms with E-state index in [0.29, 0.717) is 5.88 Å². The normalized spacial score (nSPS) is 12.4. The molecule has 0 bridgehead atoms. The average Bonchev–Trinajstić information content (AvgIpc) is 2.38. The van der Waals surface area contributed by atoms with Crippen molar-refractivity contribution in [3.63, 3.8) is 0 Å². The van der Waals surface area contributed by atoms with Gasteiger partial charge in [-0.3, -0.25) is 0 Å². The first-order valence-electron chi connectivity index (χ1n) is 6.16. The minimum atomic E-state index is 0.223. The summed E-state index contributed by atoms with van der Waals surface area (Å²) in [6.45, 7) is 2.03. The predicted octanol–water partition coefficient (Wildman–Crippen LogP) is 5.87. The SMILES string of the molecule is Cc1ccc(CC(CCl)c2cccc(Cl)c2)c(Cl)c1. The molecule has 3 heteroatoms. The van der Waals surface area contributed by atoms with Crippen molar-refractivity contribution in [3.8, 4) is 0 Å². The third-order valence-electron chi connectivity index (χ3n) is 3.18. The van der Waals surface area contributed by atoms with Gasteiger partial charge in [-0.2, -0.15) is 0 Å². The molecule has 0 radical (unpaired) electrons. The number of benzene rings is 2. The van der Waals surface area contributed by atoms with E-state index in [9.17, 15) is 0 Å². The van der Waals surface area contributed by atoms with Crippen molar-refractivity contribution in [1.82, 2.24) is 0 Å². The average molecular weight is 314 g/mol. The highest BCUT2D eigenvalue weighted by Crippen LogP contribution is 2.28. The van der Waals surface area contributed by atoms with Crippen LogP contribution in [0.15, 0.2) is 42.5 Å². The van der Waals surface area contributed by atoms with Crippen LogP contribution in [-0.4, -0.2) is 5.88 Å². The van der Waals surface area contributed by atoms with Crippen LogP contribution >= 0.6 is 34.8 Å². The lowest BCUT2D eigenvalue weighted by molar-refractivity contribution is 0.766. The molecule has 2 aromatic rings. The number of aryl methyl sites for hydroxylation is 1. The Bertz CT molecular complexity index is 564. The van der Waals surface area contributed by atoms with Gasteiger partial charge in [-0.1, -0.05) is 47.5 Å². The second-order valence-electron chi connectivity index (χ2n) is 4.71. The van der Waals surface area contributed by atoms with Gasteiger partial charge in [0, 0.05) is 21.8 Å². The molecular weight excluding hydrogens is 299 g/mol. The molecule has 100 valence electrons. The Hall–Kier alpha value is -0.690. The summed E-state index contributed by atoms with van der Waals surface area (Å²) in [5.74, 6) is 0.769. The molecule has 0 N–H and O–H groups in total. The van der Waals surface area contributed by atoms with Gasteiger partial charge in [0.25, 0.3) is 0 Å². The fourth-order valence-electron chi connectivity index (χ4n) is 2.11. The monoisotopic (exact) mass is 312 g/mol. The highest BCUT2D eigenvalue weighted by atomic mass is 35.5. The summed E-state index contributed by atoms with van der Waals surface area (Å²) in [6, 6.07) is 14.0. The van der Waals surface area contributed by atoms with Gasteiger partial charge in [0.05, 0.1) is 0 Å². The summed E-state index contributed by atoms with van der Waals surface area (Å²) >= 11 is 18.4. The van der Waals surface area contributed by atoms with Gasteiger partial charge in [0.15, 0.2) is 0 Å². The lowest BCUT2D eigenvalue weighted by atomic mass is 9.93. The van der Waals surface area contributed by atoms with Crippen LogP contribution < -0.4 is 0 Å². The first kappa shape index (κ1) is 14.7. The number of halogens is 3. The van der Waals surface area contributed by atoms with Crippen molar-refractivity contribution in [2.75, 3.05) is 5.88 Å². The van der Waals surface area contributed by atoms with E-state index in [4.69, 9.17) is 34.8 Å². The molecule has 0 fully saturated rings. The standard InChI is InChI=1S/C16H15Cl3/c1-11-5-6-13(16(19)7-11)8-14(10-17)12-3-2-4-15(18)9-12/h2-7,9,14H,8,10H2,1H3. The van der Waals surface area contributed by atoms with Crippen molar-refractivity contribution in [2.24, 2.45) is 0 Å². The molecule has 0 nitrogen and oxygen atoms in total. The van der Waals surface area contributed by atoms with E-state index in [1.807, 2.05) is 31.2 Å². The molecule has 0 saturated heterocycles. The van der Waals surface area contributed by atoms with E-state index >= 15 is 0 Å². The van der Waals surface area contributed by atoms with Gasteiger partial charge in [-0.05, 0) is 48.2 Å². The van der Waals surface area contributed by atoms with Crippen molar-refractivity contribution >= 4 is 34.8 Å². The Balaban J connectivity index is 2.24. The predicted molar refractivity (Wildman–Crippen MR) is 84.8 cm³/mol. The minimum absolute atomic E-state index is 0.223. The molecule has 1 unspecified atom stereocenters. The number of rotatable bonds is 4. The molecule has 0 saturated carbocycles. The zero-order valence-electron chi connectivity index (χ0n) is 10.7. The third-order valence-corrected chi connectivity index (χ3v) is 4.14. The van der Waals surface area contributed by atoms with Crippen LogP contribution in [0.1, 0.15) is 22.6 Å². The molecule has 2 rings (SSSR count). The van der Waals surface area contributed by atoms with Gasteiger partial charge >= 0.3 is 0 Å². The Morgan fingerprint density at radius 2 is 1.84 bits per heavy atom. The number of hydrogen-bond acceptors (Lipinski definition) is 0. The molecule has 0 aliphatic carbocycles. The van der Waals surface area contributed by atoms with E-state index < -0.39 is 0 Å². The summed E-state index contributed by atoms with van der Waals surface area (Å²) < 4.78 is 0. The smallest absolute Gasteiger partial charge is 0.0440 e. The van der Waals surface area contributed by atoms with Crippen molar-refractivity contribution in [3.05, 3.63) is 69.2 Å². The molecule has 0 aromatic heterocycles.